The Balaban J connectivity index is 0.00000363. The second kappa shape index (κ2) is 14.2. The van der Waals surface area contributed by atoms with E-state index in [0.29, 0.717) is 43.3 Å². The zero-order valence-electron chi connectivity index (χ0n) is 19.1. The largest absolute Gasteiger partial charge is 0.493 e. The summed E-state index contributed by atoms with van der Waals surface area (Å²) in [5.41, 5.74) is 3.22. The Morgan fingerprint density at radius 3 is 2.44 bits per heavy atom. The van der Waals surface area contributed by atoms with Crippen LogP contribution in [0.2, 0.25) is 0 Å². The van der Waals surface area contributed by atoms with Gasteiger partial charge in [-0.15, -0.1) is 24.0 Å². The van der Waals surface area contributed by atoms with Crippen molar-refractivity contribution >= 4 is 35.6 Å². The molecule has 1 saturated heterocycles. The van der Waals surface area contributed by atoms with Crippen LogP contribution in [-0.2, 0) is 22.6 Å². The van der Waals surface area contributed by atoms with E-state index in [-0.39, 0.29) is 24.0 Å². The van der Waals surface area contributed by atoms with Crippen LogP contribution >= 0.6 is 24.0 Å². The van der Waals surface area contributed by atoms with Gasteiger partial charge in [0.25, 0.3) is 0 Å². The number of benzene rings is 2. The molecule has 0 atom stereocenters. The monoisotopic (exact) mass is 555 g/mol. The fraction of sp³-hybridized carbons (Fsp3) is 0.458. The highest BCUT2D eigenvalue weighted by atomic mass is 127. The van der Waals surface area contributed by atoms with Crippen LogP contribution < -0.4 is 20.1 Å². The molecule has 0 radical (unpaired) electrons. The van der Waals surface area contributed by atoms with E-state index in [0.717, 1.165) is 31.7 Å². The summed E-state index contributed by atoms with van der Waals surface area (Å²) in [6, 6.07) is 14.2. The van der Waals surface area contributed by atoms with E-state index in [1.165, 1.54) is 11.1 Å². The van der Waals surface area contributed by atoms with E-state index in [1.54, 1.807) is 14.2 Å². The summed E-state index contributed by atoms with van der Waals surface area (Å²) in [5.74, 6) is 2.08. The van der Waals surface area contributed by atoms with Crippen LogP contribution in [-0.4, -0.2) is 46.0 Å². The smallest absolute Gasteiger partial charge is 0.195 e. The van der Waals surface area contributed by atoms with Crippen molar-refractivity contribution in [2.45, 2.75) is 39.0 Å². The van der Waals surface area contributed by atoms with Crippen LogP contribution in [0.3, 0.4) is 0 Å². The first kappa shape index (κ1) is 26.2. The SMILES string of the molecule is CCOc1cc(NC(=NC)NCc2ccc(COC3CCOCC3)cc2)ccc1OC.I. The normalized spacial score (nSPS) is 14.4. The maximum Gasteiger partial charge on any atom is 0.195 e. The van der Waals surface area contributed by atoms with Crippen molar-refractivity contribution in [1.82, 2.24) is 5.32 Å². The lowest BCUT2D eigenvalue weighted by molar-refractivity contribution is -0.0390. The maximum atomic E-state index is 5.99. The molecular weight excluding hydrogens is 521 g/mol. The molecule has 7 nitrogen and oxygen atoms in total. The van der Waals surface area contributed by atoms with Gasteiger partial charge in [0.1, 0.15) is 0 Å². The first-order valence-corrected chi connectivity index (χ1v) is 10.8. The molecule has 1 aliphatic rings. The molecule has 0 aromatic heterocycles. The number of ether oxygens (including phenoxy) is 4. The number of halogens is 1. The number of anilines is 1. The molecule has 0 aliphatic carbocycles. The molecule has 1 fully saturated rings. The van der Waals surface area contributed by atoms with Gasteiger partial charge in [-0.1, -0.05) is 24.3 Å². The summed E-state index contributed by atoms with van der Waals surface area (Å²) < 4.78 is 22.3. The number of hydrogen-bond acceptors (Lipinski definition) is 5. The van der Waals surface area contributed by atoms with Crippen molar-refractivity contribution in [1.29, 1.82) is 0 Å². The highest BCUT2D eigenvalue weighted by Crippen LogP contribution is 2.30. The standard InChI is InChI=1S/C24H33N3O4.HI/c1-4-30-23-15-20(9-10-22(23)28-3)27-24(25-2)26-16-18-5-7-19(8-6-18)17-31-21-11-13-29-14-12-21;/h5-10,15,21H,4,11-14,16-17H2,1-3H3,(H2,25,26,27);1H. The van der Waals surface area contributed by atoms with Gasteiger partial charge in [0.15, 0.2) is 17.5 Å². The minimum absolute atomic E-state index is 0. The van der Waals surface area contributed by atoms with Crippen LogP contribution in [0.1, 0.15) is 30.9 Å². The number of rotatable bonds is 9. The number of nitrogens with zero attached hydrogens (tertiary/aromatic N) is 1. The lowest BCUT2D eigenvalue weighted by atomic mass is 10.1. The Labute approximate surface area is 207 Å². The predicted molar refractivity (Wildman–Crippen MR) is 138 cm³/mol. The van der Waals surface area contributed by atoms with Gasteiger partial charge < -0.3 is 29.6 Å². The average molecular weight is 555 g/mol. The van der Waals surface area contributed by atoms with E-state index in [4.69, 9.17) is 18.9 Å². The lowest BCUT2D eigenvalue weighted by Crippen LogP contribution is -2.30. The molecule has 0 spiro atoms. The van der Waals surface area contributed by atoms with Gasteiger partial charge in [0.2, 0.25) is 0 Å². The summed E-state index contributed by atoms with van der Waals surface area (Å²) in [6.45, 7) is 5.42. The van der Waals surface area contributed by atoms with E-state index < -0.39 is 0 Å². The summed E-state index contributed by atoms with van der Waals surface area (Å²) >= 11 is 0. The third-order valence-electron chi connectivity index (χ3n) is 5.09. The Bertz CT molecular complexity index is 840. The zero-order chi connectivity index (χ0) is 21.9. The molecule has 0 saturated carbocycles. The quantitative estimate of drug-likeness (QED) is 0.268. The van der Waals surface area contributed by atoms with Gasteiger partial charge >= 0.3 is 0 Å². The minimum atomic E-state index is 0. The van der Waals surface area contributed by atoms with Crippen molar-refractivity contribution < 1.29 is 18.9 Å². The van der Waals surface area contributed by atoms with Crippen molar-refractivity contribution in [2.24, 2.45) is 4.99 Å². The Hall–Kier alpha value is -2.04. The molecule has 0 unspecified atom stereocenters. The van der Waals surface area contributed by atoms with Gasteiger partial charge in [0, 0.05) is 38.6 Å². The lowest BCUT2D eigenvalue weighted by Gasteiger charge is -2.22. The van der Waals surface area contributed by atoms with Crippen molar-refractivity contribution in [2.75, 3.05) is 39.3 Å². The van der Waals surface area contributed by atoms with Gasteiger partial charge in [-0.05, 0) is 43.0 Å². The van der Waals surface area contributed by atoms with Gasteiger partial charge in [-0.2, -0.15) is 0 Å². The van der Waals surface area contributed by atoms with Crippen LogP contribution in [0.15, 0.2) is 47.5 Å². The number of hydrogen-bond donors (Lipinski definition) is 2. The summed E-state index contributed by atoms with van der Waals surface area (Å²) in [6.07, 6.45) is 2.27. The Morgan fingerprint density at radius 2 is 1.78 bits per heavy atom. The molecule has 0 bridgehead atoms. The molecule has 32 heavy (non-hydrogen) atoms. The summed E-state index contributed by atoms with van der Waals surface area (Å²) in [5, 5.41) is 6.63. The second-order valence-electron chi connectivity index (χ2n) is 7.29. The fourth-order valence-electron chi connectivity index (χ4n) is 3.33. The minimum Gasteiger partial charge on any atom is -0.493 e. The predicted octanol–water partition coefficient (Wildman–Crippen LogP) is 4.60. The van der Waals surface area contributed by atoms with Crippen molar-refractivity contribution in [3.05, 3.63) is 53.6 Å². The van der Waals surface area contributed by atoms with Crippen molar-refractivity contribution in [3.8, 4) is 11.5 Å². The molecule has 0 amide bonds. The van der Waals surface area contributed by atoms with Crippen LogP contribution in [0.5, 0.6) is 11.5 Å². The molecule has 1 aliphatic heterocycles. The molecule has 2 N–H and O–H groups in total. The number of aliphatic imine (C=N–C) groups is 1. The highest BCUT2D eigenvalue weighted by Gasteiger charge is 2.14. The maximum absolute atomic E-state index is 5.99. The molecule has 8 heteroatoms. The van der Waals surface area contributed by atoms with Gasteiger partial charge in [0.05, 0.1) is 26.4 Å². The van der Waals surface area contributed by atoms with Crippen LogP contribution in [0.4, 0.5) is 5.69 Å². The molecule has 3 rings (SSSR count). The van der Waals surface area contributed by atoms with Gasteiger partial charge in [-0.25, -0.2) is 0 Å². The van der Waals surface area contributed by atoms with E-state index in [2.05, 4.69) is 39.9 Å². The third-order valence-corrected chi connectivity index (χ3v) is 5.09. The molecule has 2 aromatic carbocycles. The van der Waals surface area contributed by atoms with Crippen LogP contribution in [0, 0.1) is 0 Å². The first-order chi connectivity index (χ1) is 15.2. The Kier molecular flexibility index (Phi) is 11.6. The summed E-state index contributed by atoms with van der Waals surface area (Å²) in [4.78, 5) is 4.31. The second-order valence-corrected chi connectivity index (χ2v) is 7.29. The molecule has 1 heterocycles. The summed E-state index contributed by atoms with van der Waals surface area (Å²) in [7, 11) is 3.38. The van der Waals surface area contributed by atoms with Crippen LogP contribution in [0.25, 0.3) is 0 Å². The highest BCUT2D eigenvalue weighted by molar-refractivity contribution is 14.0. The van der Waals surface area contributed by atoms with E-state index >= 15 is 0 Å². The fourth-order valence-corrected chi connectivity index (χ4v) is 3.33. The van der Waals surface area contributed by atoms with Crippen molar-refractivity contribution in [3.63, 3.8) is 0 Å². The molecule has 2 aromatic rings. The van der Waals surface area contributed by atoms with E-state index in [1.807, 2.05) is 25.1 Å². The topological polar surface area (TPSA) is 73.3 Å². The average Bonchev–Trinajstić information content (AvgIpc) is 2.82. The van der Waals surface area contributed by atoms with E-state index in [9.17, 15) is 0 Å². The number of guanidine groups is 1. The Morgan fingerprint density at radius 1 is 1.06 bits per heavy atom. The first-order valence-electron chi connectivity index (χ1n) is 10.8. The zero-order valence-corrected chi connectivity index (χ0v) is 21.4. The molecular formula is C24H34IN3O4. The number of nitrogens with one attached hydrogen (secondary N) is 2. The molecule has 176 valence electrons. The third kappa shape index (κ3) is 8.14. The van der Waals surface area contributed by atoms with Gasteiger partial charge in [-0.3, -0.25) is 4.99 Å². The number of methoxy groups -OCH3 is 1.